The number of hydrogen-bond acceptors (Lipinski definition) is 3. The van der Waals surface area contributed by atoms with Gasteiger partial charge < -0.3 is 9.84 Å². The number of carboxylic acids is 1. The second-order valence-electron chi connectivity index (χ2n) is 3.98. The summed E-state index contributed by atoms with van der Waals surface area (Å²) in [6.45, 7) is 2.68. The molecule has 0 fully saturated rings. The summed E-state index contributed by atoms with van der Waals surface area (Å²) in [6, 6.07) is 2.06. The number of fused-ring (bicyclic) bond motifs is 1. The Balaban J connectivity index is 2.19. The van der Waals surface area contributed by atoms with Crippen molar-refractivity contribution in [3.63, 3.8) is 0 Å². The number of ether oxygens (including phenoxy) is 1. The molecule has 1 unspecified atom stereocenters. The molecule has 2 rings (SSSR count). The van der Waals surface area contributed by atoms with Crippen molar-refractivity contribution in [2.75, 3.05) is 6.61 Å². The lowest BCUT2D eigenvalue weighted by atomic mass is 9.89. The van der Waals surface area contributed by atoms with E-state index in [0.717, 1.165) is 6.42 Å². The van der Waals surface area contributed by atoms with Crippen LogP contribution in [0.4, 0.5) is 0 Å². The molecule has 1 aliphatic rings. The highest BCUT2D eigenvalue weighted by molar-refractivity contribution is 7.10. The summed E-state index contributed by atoms with van der Waals surface area (Å²) < 4.78 is 5.74. The van der Waals surface area contributed by atoms with Gasteiger partial charge >= 0.3 is 5.97 Å². The van der Waals surface area contributed by atoms with Crippen LogP contribution in [0.1, 0.15) is 30.2 Å². The molecule has 0 aromatic carbocycles. The number of rotatable bonds is 3. The van der Waals surface area contributed by atoms with E-state index in [2.05, 4.69) is 11.4 Å². The smallest absolute Gasteiger partial charge is 0.303 e. The van der Waals surface area contributed by atoms with Gasteiger partial charge in [-0.05, 0) is 30.4 Å². The summed E-state index contributed by atoms with van der Waals surface area (Å²) in [7, 11) is 0. The van der Waals surface area contributed by atoms with Crippen molar-refractivity contribution in [2.45, 2.75) is 31.8 Å². The molecule has 0 saturated carbocycles. The van der Waals surface area contributed by atoms with Crippen molar-refractivity contribution in [2.24, 2.45) is 0 Å². The Morgan fingerprint density at radius 3 is 3.27 bits per heavy atom. The molecule has 1 aromatic heterocycles. The lowest BCUT2D eigenvalue weighted by Crippen LogP contribution is -2.32. The highest BCUT2D eigenvalue weighted by Gasteiger charge is 2.34. The van der Waals surface area contributed by atoms with Crippen LogP contribution in [0.2, 0.25) is 0 Å². The summed E-state index contributed by atoms with van der Waals surface area (Å²) in [4.78, 5) is 11.9. The van der Waals surface area contributed by atoms with E-state index in [9.17, 15) is 4.79 Å². The maximum atomic E-state index is 10.6. The van der Waals surface area contributed by atoms with Gasteiger partial charge in [0.05, 0.1) is 12.2 Å². The normalized spacial score (nSPS) is 24.9. The second-order valence-corrected chi connectivity index (χ2v) is 4.98. The standard InChI is InChI=1S/C11H14O3S/c1-11(5-2-10(12)13)8-4-7-15-9(8)3-6-14-11/h4,7H,2-3,5-6H2,1H3,(H,12,13). The van der Waals surface area contributed by atoms with Crippen molar-refractivity contribution in [3.8, 4) is 0 Å². The van der Waals surface area contributed by atoms with Gasteiger partial charge in [0, 0.05) is 17.7 Å². The highest BCUT2D eigenvalue weighted by Crippen LogP contribution is 2.38. The predicted molar refractivity (Wildman–Crippen MR) is 58.2 cm³/mol. The SMILES string of the molecule is CC1(CCC(=O)O)OCCc2sccc21. The first-order valence-electron chi connectivity index (χ1n) is 5.04. The first-order valence-corrected chi connectivity index (χ1v) is 5.92. The molecular formula is C11H14O3S. The minimum Gasteiger partial charge on any atom is -0.481 e. The molecule has 3 nitrogen and oxygen atoms in total. The molecule has 0 saturated heterocycles. The summed E-state index contributed by atoms with van der Waals surface area (Å²) >= 11 is 1.73. The fourth-order valence-electron chi connectivity index (χ4n) is 2.00. The van der Waals surface area contributed by atoms with Crippen molar-refractivity contribution < 1.29 is 14.6 Å². The van der Waals surface area contributed by atoms with E-state index < -0.39 is 11.6 Å². The monoisotopic (exact) mass is 226 g/mol. The number of carbonyl (C=O) groups is 1. The third kappa shape index (κ3) is 2.06. The Morgan fingerprint density at radius 1 is 1.73 bits per heavy atom. The fourth-order valence-corrected chi connectivity index (χ4v) is 2.98. The van der Waals surface area contributed by atoms with Crippen molar-refractivity contribution in [1.29, 1.82) is 0 Å². The summed E-state index contributed by atoms with van der Waals surface area (Å²) in [6.07, 6.45) is 1.66. The molecule has 1 aromatic rings. The van der Waals surface area contributed by atoms with Crippen molar-refractivity contribution >= 4 is 17.3 Å². The second kappa shape index (κ2) is 3.94. The van der Waals surface area contributed by atoms with E-state index in [-0.39, 0.29) is 6.42 Å². The van der Waals surface area contributed by atoms with Crippen LogP contribution < -0.4 is 0 Å². The molecule has 1 N–H and O–H groups in total. The van der Waals surface area contributed by atoms with Crippen LogP contribution in [0.25, 0.3) is 0 Å². The van der Waals surface area contributed by atoms with Gasteiger partial charge in [0.2, 0.25) is 0 Å². The first-order chi connectivity index (χ1) is 7.12. The van der Waals surface area contributed by atoms with Crippen LogP contribution in [0.3, 0.4) is 0 Å². The summed E-state index contributed by atoms with van der Waals surface area (Å²) in [5, 5.41) is 10.8. The van der Waals surface area contributed by atoms with Crippen molar-refractivity contribution in [1.82, 2.24) is 0 Å². The minimum absolute atomic E-state index is 0.159. The van der Waals surface area contributed by atoms with Gasteiger partial charge in [-0.1, -0.05) is 0 Å². The van der Waals surface area contributed by atoms with Crippen LogP contribution in [0.15, 0.2) is 11.4 Å². The Kier molecular flexibility index (Phi) is 2.80. The summed E-state index contributed by atoms with van der Waals surface area (Å²) in [5.41, 5.74) is 0.784. The Morgan fingerprint density at radius 2 is 2.53 bits per heavy atom. The lowest BCUT2D eigenvalue weighted by Gasteiger charge is -2.34. The fraction of sp³-hybridized carbons (Fsp3) is 0.545. The lowest BCUT2D eigenvalue weighted by molar-refractivity contribution is -0.139. The molecule has 2 heterocycles. The van der Waals surface area contributed by atoms with E-state index in [0.29, 0.717) is 13.0 Å². The van der Waals surface area contributed by atoms with Gasteiger partial charge in [0.25, 0.3) is 0 Å². The zero-order valence-corrected chi connectivity index (χ0v) is 9.47. The van der Waals surface area contributed by atoms with Gasteiger partial charge in [0.15, 0.2) is 0 Å². The van der Waals surface area contributed by atoms with Gasteiger partial charge in [-0.2, -0.15) is 0 Å². The highest BCUT2D eigenvalue weighted by atomic mass is 32.1. The average molecular weight is 226 g/mol. The first kappa shape index (κ1) is 10.6. The van der Waals surface area contributed by atoms with E-state index in [4.69, 9.17) is 9.84 Å². The van der Waals surface area contributed by atoms with Gasteiger partial charge in [-0.15, -0.1) is 11.3 Å². The van der Waals surface area contributed by atoms with E-state index in [1.165, 1.54) is 10.4 Å². The van der Waals surface area contributed by atoms with Crippen LogP contribution >= 0.6 is 11.3 Å². The number of aliphatic carboxylic acids is 1. The maximum absolute atomic E-state index is 10.6. The quantitative estimate of drug-likeness (QED) is 0.860. The number of thiophene rings is 1. The maximum Gasteiger partial charge on any atom is 0.303 e. The van der Waals surface area contributed by atoms with Crippen LogP contribution in [-0.4, -0.2) is 17.7 Å². The molecule has 0 bridgehead atoms. The van der Waals surface area contributed by atoms with Crippen molar-refractivity contribution in [3.05, 3.63) is 21.9 Å². The Hall–Kier alpha value is -0.870. The van der Waals surface area contributed by atoms with Gasteiger partial charge in [-0.25, -0.2) is 0 Å². The van der Waals surface area contributed by atoms with Crippen LogP contribution in [0.5, 0.6) is 0 Å². The Bertz CT molecular complexity index is 372. The third-order valence-electron chi connectivity index (χ3n) is 2.88. The molecule has 0 aliphatic carbocycles. The van der Waals surface area contributed by atoms with E-state index in [1.807, 2.05) is 6.92 Å². The Labute approximate surface area is 92.7 Å². The molecule has 0 radical (unpaired) electrons. The molecule has 15 heavy (non-hydrogen) atoms. The average Bonchev–Trinajstić information content (AvgIpc) is 2.65. The topological polar surface area (TPSA) is 46.5 Å². The molecule has 1 aliphatic heterocycles. The van der Waals surface area contributed by atoms with Crippen LogP contribution in [-0.2, 0) is 21.6 Å². The number of carboxylic acid groups (broad SMARTS) is 1. The van der Waals surface area contributed by atoms with Gasteiger partial charge in [-0.3, -0.25) is 4.79 Å². The predicted octanol–water partition coefficient (Wildman–Crippen LogP) is 2.40. The number of hydrogen-bond donors (Lipinski definition) is 1. The molecule has 82 valence electrons. The molecule has 0 amide bonds. The largest absolute Gasteiger partial charge is 0.481 e. The molecule has 0 spiro atoms. The van der Waals surface area contributed by atoms with E-state index in [1.54, 1.807) is 11.3 Å². The van der Waals surface area contributed by atoms with Gasteiger partial charge in [0.1, 0.15) is 0 Å². The summed E-state index contributed by atoms with van der Waals surface area (Å²) in [5.74, 6) is -0.762. The zero-order valence-electron chi connectivity index (χ0n) is 8.66. The molecular weight excluding hydrogens is 212 g/mol. The molecule has 4 heteroatoms. The zero-order chi connectivity index (χ0) is 10.9. The molecule has 1 atom stereocenters. The minimum atomic E-state index is -0.762. The van der Waals surface area contributed by atoms with Crippen LogP contribution in [0, 0.1) is 0 Å². The third-order valence-corrected chi connectivity index (χ3v) is 3.86. The van der Waals surface area contributed by atoms with E-state index >= 15 is 0 Å².